The second-order valence-corrected chi connectivity index (χ2v) is 12.1. The number of nitrogens with zero attached hydrogens (tertiary/aromatic N) is 3. The summed E-state index contributed by atoms with van der Waals surface area (Å²) in [6, 6.07) is 20.8. The van der Waals surface area contributed by atoms with Crippen molar-refractivity contribution in [2.75, 3.05) is 26.0 Å². The molecular weight excluding hydrogens is 545 g/mol. The fourth-order valence-corrected chi connectivity index (χ4v) is 7.01. The van der Waals surface area contributed by atoms with Crippen LogP contribution in [0.1, 0.15) is 40.9 Å². The Morgan fingerprint density at radius 2 is 1.60 bits per heavy atom. The van der Waals surface area contributed by atoms with E-state index in [9.17, 15) is 9.59 Å². The molecule has 1 aliphatic carbocycles. The fraction of sp³-hybridized carbons (Fsp3) is 0.312. The Bertz CT molecular complexity index is 1510. The van der Waals surface area contributed by atoms with Crippen LogP contribution in [0.2, 0.25) is 5.02 Å². The zero-order valence-corrected chi connectivity index (χ0v) is 24.5. The number of amides is 2. The zero-order valence-electron chi connectivity index (χ0n) is 22.9. The van der Waals surface area contributed by atoms with Crippen molar-refractivity contribution in [1.29, 1.82) is 0 Å². The largest absolute Gasteiger partial charge is 0.330 e. The SMILES string of the molecule is CN(C=O)c1ccc(-c2ccc(F)c(CN(C(=O)c3sc4ccccc4c3Cl)[C@H]3CC[C@H](N(C)C)CC3)c2)cc1. The van der Waals surface area contributed by atoms with Crippen molar-refractivity contribution in [1.82, 2.24) is 9.80 Å². The summed E-state index contributed by atoms with van der Waals surface area (Å²) in [5, 5.41) is 1.33. The predicted octanol–water partition coefficient (Wildman–Crippen LogP) is 7.47. The second-order valence-electron chi connectivity index (χ2n) is 10.7. The summed E-state index contributed by atoms with van der Waals surface area (Å²) in [4.78, 5) is 31.3. The third-order valence-corrected chi connectivity index (χ3v) is 9.64. The molecule has 0 N–H and O–H groups in total. The van der Waals surface area contributed by atoms with Gasteiger partial charge in [0.25, 0.3) is 5.91 Å². The van der Waals surface area contributed by atoms with Gasteiger partial charge >= 0.3 is 0 Å². The van der Waals surface area contributed by atoms with Gasteiger partial charge in [0.1, 0.15) is 10.7 Å². The summed E-state index contributed by atoms with van der Waals surface area (Å²) in [7, 11) is 5.88. The predicted molar refractivity (Wildman–Crippen MR) is 163 cm³/mol. The highest BCUT2D eigenvalue weighted by Crippen LogP contribution is 2.38. The number of halogens is 2. The fourth-order valence-electron chi connectivity index (χ4n) is 5.54. The third kappa shape index (κ3) is 5.78. The highest BCUT2D eigenvalue weighted by Gasteiger charge is 2.32. The van der Waals surface area contributed by atoms with Gasteiger partial charge in [-0.15, -0.1) is 11.3 Å². The average molecular weight is 578 g/mol. The number of rotatable bonds is 8. The standard InChI is InChI=1S/C32H33ClFN3O2S/c1-35(2)24-13-15-26(16-14-24)37(32(39)31-30(33)27-6-4-5-7-29(27)40-31)19-23-18-22(10-17-28(23)34)21-8-11-25(12-9-21)36(3)20-38/h4-12,17-18,20,24,26H,13-16,19H2,1-3H3/t24-,26-. The molecule has 0 atom stereocenters. The zero-order chi connectivity index (χ0) is 28.4. The van der Waals surface area contributed by atoms with Crippen LogP contribution in [0.15, 0.2) is 66.7 Å². The van der Waals surface area contributed by atoms with Crippen LogP contribution in [-0.4, -0.2) is 55.3 Å². The van der Waals surface area contributed by atoms with E-state index in [2.05, 4.69) is 19.0 Å². The molecule has 1 aromatic heterocycles. The molecule has 3 aromatic carbocycles. The van der Waals surface area contributed by atoms with E-state index in [-0.39, 0.29) is 24.3 Å². The Morgan fingerprint density at radius 1 is 0.950 bits per heavy atom. The molecule has 1 saturated carbocycles. The van der Waals surface area contributed by atoms with Crippen molar-refractivity contribution in [3.63, 3.8) is 0 Å². The lowest BCUT2D eigenvalue weighted by Crippen LogP contribution is -2.44. The lowest BCUT2D eigenvalue weighted by molar-refractivity contribution is -0.107. The monoisotopic (exact) mass is 577 g/mol. The van der Waals surface area contributed by atoms with Crippen molar-refractivity contribution in [2.24, 2.45) is 0 Å². The molecule has 0 bridgehead atoms. The summed E-state index contributed by atoms with van der Waals surface area (Å²) in [5.74, 6) is -0.492. The van der Waals surface area contributed by atoms with Crippen LogP contribution in [0.25, 0.3) is 21.2 Å². The lowest BCUT2D eigenvalue weighted by atomic mass is 9.89. The van der Waals surface area contributed by atoms with Gasteiger partial charge in [-0.3, -0.25) is 9.59 Å². The highest BCUT2D eigenvalue weighted by atomic mass is 35.5. The molecule has 8 heteroatoms. The molecule has 4 aromatic rings. The van der Waals surface area contributed by atoms with Gasteiger partial charge < -0.3 is 14.7 Å². The summed E-state index contributed by atoms with van der Waals surface area (Å²) in [6.45, 7) is 0.159. The van der Waals surface area contributed by atoms with E-state index >= 15 is 4.39 Å². The normalized spacial score (nSPS) is 17.2. The minimum Gasteiger partial charge on any atom is -0.330 e. The second kappa shape index (κ2) is 12.1. The van der Waals surface area contributed by atoms with Gasteiger partial charge in [0.05, 0.1) is 5.02 Å². The minimum absolute atomic E-state index is 0.00815. The summed E-state index contributed by atoms with van der Waals surface area (Å²) in [6.07, 6.45) is 4.41. The molecule has 0 unspecified atom stereocenters. The maximum Gasteiger partial charge on any atom is 0.266 e. The first-order valence-electron chi connectivity index (χ1n) is 13.5. The van der Waals surface area contributed by atoms with E-state index < -0.39 is 0 Å². The van der Waals surface area contributed by atoms with Crippen LogP contribution in [-0.2, 0) is 11.3 Å². The molecule has 0 spiro atoms. The van der Waals surface area contributed by atoms with E-state index in [1.54, 1.807) is 13.1 Å². The Labute approximate surface area is 243 Å². The molecule has 2 amide bonds. The van der Waals surface area contributed by atoms with E-state index in [0.717, 1.165) is 59.0 Å². The molecule has 0 radical (unpaired) electrons. The van der Waals surface area contributed by atoms with Crippen LogP contribution >= 0.6 is 22.9 Å². The van der Waals surface area contributed by atoms with Gasteiger partial charge in [-0.2, -0.15) is 0 Å². The molecule has 208 valence electrons. The topological polar surface area (TPSA) is 43.9 Å². The third-order valence-electron chi connectivity index (χ3n) is 7.98. The Balaban J connectivity index is 1.48. The Hall–Kier alpha value is -3.26. The van der Waals surface area contributed by atoms with Gasteiger partial charge in [-0.25, -0.2) is 4.39 Å². The van der Waals surface area contributed by atoms with Gasteiger partial charge in [0, 0.05) is 47.0 Å². The van der Waals surface area contributed by atoms with Crippen molar-refractivity contribution >= 4 is 51.0 Å². The van der Waals surface area contributed by atoms with E-state index in [1.165, 1.54) is 22.3 Å². The van der Waals surface area contributed by atoms with Gasteiger partial charge in [0.15, 0.2) is 0 Å². The molecule has 1 fully saturated rings. The van der Waals surface area contributed by atoms with E-state index in [4.69, 9.17) is 11.6 Å². The first kappa shape index (κ1) is 28.3. The first-order chi connectivity index (χ1) is 19.3. The number of thiophene rings is 1. The van der Waals surface area contributed by atoms with Crippen molar-refractivity contribution in [3.8, 4) is 11.1 Å². The van der Waals surface area contributed by atoms with Crippen molar-refractivity contribution in [3.05, 3.63) is 88.0 Å². The van der Waals surface area contributed by atoms with Gasteiger partial charge in [0.2, 0.25) is 6.41 Å². The summed E-state index contributed by atoms with van der Waals surface area (Å²) in [5.41, 5.74) is 2.99. The van der Waals surface area contributed by atoms with Gasteiger partial charge in [-0.1, -0.05) is 48.0 Å². The first-order valence-corrected chi connectivity index (χ1v) is 14.7. The van der Waals surface area contributed by atoms with Crippen LogP contribution < -0.4 is 4.90 Å². The molecule has 1 heterocycles. The highest BCUT2D eigenvalue weighted by molar-refractivity contribution is 7.21. The van der Waals surface area contributed by atoms with Crippen LogP contribution in [0.5, 0.6) is 0 Å². The Morgan fingerprint density at radius 3 is 2.25 bits per heavy atom. The quantitative estimate of drug-likeness (QED) is 0.204. The number of benzene rings is 3. The molecule has 0 saturated heterocycles. The molecule has 1 aliphatic rings. The summed E-state index contributed by atoms with van der Waals surface area (Å²) < 4.78 is 16.3. The van der Waals surface area contributed by atoms with Gasteiger partial charge in [-0.05, 0) is 81.2 Å². The number of hydrogen-bond donors (Lipinski definition) is 0. The van der Waals surface area contributed by atoms with E-state index in [0.29, 0.717) is 21.5 Å². The van der Waals surface area contributed by atoms with E-state index in [1.807, 2.05) is 59.5 Å². The molecule has 5 rings (SSSR count). The molecular formula is C32H33ClFN3O2S. The maximum absolute atomic E-state index is 15.3. The summed E-state index contributed by atoms with van der Waals surface area (Å²) >= 11 is 8.14. The minimum atomic E-state index is -0.344. The maximum atomic E-state index is 15.3. The van der Waals surface area contributed by atoms with Crippen LogP contribution in [0.3, 0.4) is 0 Å². The number of hydrogen-bond acceptors (Lipinski definition) is 4. The molecule has 40 heavy (non-hydrogen) atoms. The number of anilines is 1. The van der Waals surface area contributed by atoms with Crippen LogP contribution in [0.4, 0.5) is 10.1 Å². The number of fused-ring (bicyclic) bond motifs is 1. The van der Waals surface area contributed by atoms with Crippen molar-refractivity contribution in [2.45, 2.75) is 44.3 Å². The molecule has 0 aliphatic heterocycles. The van der Waals surface area contributed by atoms with Crippen molar-refractivity contribution < 1.29 is 14.0 Å². The molecule has 5 nitrogen and oxygen atoms in total. The average Bonchev–Trinajstić information content (AvgIpc) is 3.32. The lowest BCUT2D eigenvalue weighted by Gasteiger charge is -2.39. The Kier molecular flexibility index (Phi) is 8.54. The number of carbonyl (C=O) groups is 2. The number of carbonyl (C=O) groups excluding carboxylic acids is 2. The van der Waals surface area contributed by atoms with Crippen LogP contribution in [0, 0.1) is 5.82 Å². The smallest absolute Gasteiger partial charge is 0.266 e.